The van der Waals surface area contributed by atoms with Crippen molar-refractivity contribution in [2.45, 2.75) is 25.3 Å². The minimum Gasteiger partial charge on any atom is -0.480 e. The predicted molar refractivity (Wildman–Crippen MR) is 55.6 cm³/mol. The Kier molecular flexibility index (Phi) is 12.3. The molecule has 0 amide bonds. The third-order valence-corrected chi connectivity index (χ3v) is 1.29. The first-order valence-corrected chi connectivity index (χ1v) is 4.70. The summed E-state index contributed by atoms with van der Waals surface area (Å²) in [6, 6.07) is -0.716. The van der Waals surface area contributed by atoms with E-state index in [9.17, 15) is 4.79 Å². The lowest BCUT2D eigenvalue weighted by atomic mass is 10.1. The first kappa shape index (κ1) is 16.1. The van der Waals surface area contributed by atoms with Crippen LogP contribution in [0, 0.1) is 0 Å². The van der Waals surface area contributed by atoms with Crippen LogP contribution >= 0.6 is 23.2 Å². The van der Waals surface area contributed by atoms with Gasteiger partial charge in [0.05, 0.1) is 0 Å². The number of carbonyl (C=O) groups excluding carboxylic acids is 1. The van der Waals surface area contributed by atoms with Crippen LogP contribution in [-0.2, 0) is 4.79 Å². The monoisotopic (exact) mass is 244 g/mol. The smallest absolute Gasteiger partial charge is 0.320 e. The van der Waals surface area contributed by atoms with Gasteiger partial charge in [-0.2, -0.15) is 0 Å². The summed E-state index contributed by atoms with van der Waals surface area (Å²) in [4.78, 5) is 19.1. The molecule has 0 aliphatic rings. The van der Waals surface area contributed by atoms with Crippen LogP contribution in [0.4, 0.5) is 4.79 Å². The van der Waals surface area contributed by atoms with Crippen molar-refractivity contribution >= 4 is 33.9 Å². The number of carboxylic acids is 1. The summed E-state index contributed by atoms with van der Waals surface area (Å²) in [7, 11) is 0. The Morgan fingerprint density at radius 3 is 2.00 bits per heavy atom. The van der Waals surface area contributed by atoms with Gasteiger partial charge in [-0.25, -0.2) is 0 Å². The Morgan fingerprint density at radius 1 is 1.29 bits per heavy atom. The van der Waals surface area contributed by atoms with E-state index in [1.165, 1.54) is 0 Å². The van der Waals surface area contributed by atoms with Gasteiger partial charge >= 0.3 is 10.7 Å². The van der Waals surface area contributed by atoms with Crippen molar-refractivity contribution in [3.05, 3.63) is 0 Å². The zero-order chi connectivity index (χ0) is 11.6. The van der Waals surface area contributed by atoms with E-state index in [2.05, 4.69) is 23.2 Å². The predicted octanol–water partition coefficient (Wildman–Crippen LogP) is 1.11. The molecule has 0 saturated carbocycles. The summed E-state index contributed by atoms with van der Waals surface area (Å²) in [5, 5.41) is 8.33. The highest BCUT2D eigenvalue weighted by Crippen LogP contribution is 1.96. The molecule has 0 radical (unpaired) electrons. The molecular weight excluding hydrogens is 231 g/mol. The van der Waals surface area contributed by atoms with E-state index in [0.29, 0.717) is 13.0 Å². The molecule has 0 aliphatic heterocycles. The molecule has 0 aromatic rings. The Labute approximate surface area is 92.3 Å². The van der Waals surface area contributed by atoms with Gasteiger partial charge < -0.3 is 16.6 Å². The molecule has 84 valence electrons. The number of nitrogens with two attached hydrogens (primary N) is 2. The molecule has 1 atom stereocenters. The molecule has 0 fully saturated rings. The number of aliphatic carboxylic acids is 1. The first-order chi connectivity index (χ1) is 6.41. The zero-order valence-electron chi connectivity index (χ0n) is 7.58. The van der Waals surface area contributed by atoms with Crippen LogP contribution in [0.15, 0.2) is 0 Å². The number of hydrogen-bond donors (Lipinski definition) is 3. The average Bonchev–Trinajstić information content (AvgIpc) is 2.03. The molecule has 5 N–H and O–H groups in total. The third-order valence-electron chi connectivity index (χ3n) is 1.29. The van der Waals surface area contributed by atoms with Crippen LogP contribution in [0.3, 0.4) is 0 Å². The Morgan fingerprint density at radius 2 is 1.71 bits per heavy atom. The molecule has 14 heavy (non-hydrogen) atoms. The normalized spacial score (nSPS) is 11.1. The molecule has 7 heteroatoms. The molecule has 0 rings (SSSR count). The van der Waals surface area contributed by atoms with Gasteiger partial charge in [-0.05, 0) is 42.6 Å². The SMILES string of the molecule is NCCCC[C@H](N)C(=O)O.O=C(Cl)Cl. The highest BCUT2D eigenvalue weighted by atomic mass is 35.5. The average molecular weight is 245 g/mol. The van der Waals surface area contributed by atoms with E-state index in [0.717, 1.165) is 12.8 Å². The third kappa shape index (κ3) is 17.7. The lowest BCUT2D eigenvalue weighted by molar-refractivity contribution is -0.138. The highest BCUT2D eigenvalue weighted by molar-refractivity contribution is 6.93. The van der Waals surface area contributed by atoms with Crippen LogP contribution in [0.2, 0.25) is 0 Å². The highest BCUT2D eigenvalue weighted by Gasteiger charge is 2.09. The van der Waals surface area contributed by atoms with Gasteiger partial charge in [0.2, 0.25) is 0 Å². The van der Waals surface area contributed by atoms with Crippen molar-refractivity contribution in [3.8, 4) is 0 Å². The molecule has 5 nitrogen and oxygen atoms in total. The fourth-order valence-corrected chi connectivity index (χ4v) is 0.632. The summed E-state index contributed by atoms with van der Waals surface area (Å²) >= 11 is 8.80. The Hall–Kier alpha value is -0.360. The first-order valence-electron chi connectivity index (χ1n) is 3.95. The van der Waals surface area contributed by atoms with Gasteiger partial charge in [-0.1, -0.05) is 6.42 Å². The van der Waals surface area contributed by atoms with E-state index in [-0.39, 0.29) is 0 Å². The van der Waals surface area contributed by atoms with Crippen molar-refractivity contribution < 1.29 is 14.7 Å². The fourth-order valence-electron chi connectivity index (χ4n) is 0.632. The second-order valence-electron chi connectivity index (χ2n) is 2.45. The van der Waals surface area contributed by atoms with Crippen molar-refractivity contribution in [2.75, 3.05) is 6.54 Å². The molecular formula is C7H14Cl2N2O3. The van der Waals surface area contributed by atoms with Crippen molar-refractivity contribution in [1.29, 1.82) is 0 Å². The summed E-state index contributed by atoms with van der Waals surface area (Å²) in [6.07, 6.45) is 2.16. The summed E-state index contributed by atoms with van der Waals surface area (Å²) in [5.41, 5.74) is 10.4. The van der Waals surface area contributed by atoms with Crippen molar-refractivity contribution in [1.82, 2.24) is 0 Å². The molecule has 0 unspecified atom stereocenters. The van der Waals surface area contributed by atoms with Gasteiger partial charge in [-0.15, -0.1) is 0 Å². The largest absolute Gasteiger partial charge is 0.480 e. The molecule has 0 aromatic heterocycles. The van der Waals surface area contributed by atoms with Gasteiger partial charge in [0.15, 0.2) is 0 Å². The number of halogens is 2. The molecule has 0 aliphatic carbocycles. The standard InChI is InChI=1S/C6H14N2O2.CCl2O/c7-4-2-1-3-5(8)6(9)10;2-1(3)4/h5H,1-4,7-8H2,(H,9,10);/t5-;/m0./s1. The lowest BCUT2D eigenvalue weighted by Gasteiger charge is -2.03. The number of rotatable bonds is 5. The number of carboxylic acid groups (broad SMARTS) is 1. The van der Waals surface area contributed by atoms with Crippen LogP contribution in [0.25, 0.3) is 0 Å². The van der Waals surface area contributed by atoms with E-state index in [1.54, 1.807) is 0 Å². The topological polar surface area (TPSA) is 106 Å². The van der Waals surface area contributed by atoms with E-state index >= 15 is 0 Å². The number of unbranched alkanes of at least 4 members (excludes halogenated alkanes) is 1. The second-order valence-corrected chi connectivity index (χ2v) is 3.33. The van der Waals surface area contributed by atoms with Crippen LogP contribution in [-0.4, -0.2) is 28.4 Å². The fraction of sp³-hybridized carbons (Fsp3) is 0.714. The molecule has 0 spiro atoms. The van der Waals surface area contributed by atoms with Crippen LogP contribution in [0.1, 0.15) is 19.3 Å². The second kappa shape index (κ2) is 10.7. The minimum absolute atomic E-state index is 0.520. The summed E-state index contributed by atoms with van der Waals surface area (Å²) in [6.45, 7) is 0.604. The maximum absolute atomic E-state index is 10.1. The zero-order valence-corrected chi connectivity index (χ0v) is 9.09. The van der Waals surface area contributed by atoms with Gasteiger partial charge in [-0.3, -0.25) is 9.59 Å². The Bertz CT molecular complexity index is 174. The summed E-state index contributed by atoms with van der Waals surface area (Å²) in [5.74, 6) is -0.933. The van der Waals surface area contributed by atoms with Crippen molar-refractivity contribution in [2.24, 2.45) is 11.5 Å². The van der Waals surface area contributed by atoms with Crippen molar-refractivity contribution in [3.63, 3.8) is 0 Å². The van der Waals surface area contributed by atoms with Gasteiger partial charge in [0, 0.05) is 0 Å². The molecule has 0 bridgehead atoms. The maximum Gasteiger partial charge on any atom is 0.320 e. The molecule has 0 aromatic carbocycles. The number of hydrogen-bond acceptors (Lipinski definition) is 4. The quantitative estimate of drug-likeness (QED) is 0.496. The van der Waals surface area contributed by atoms with Gasteiger partial charge in [0.1, 0.15) is 6.04 Å². The minimum atomic E-state index is -0.933. The lowest BCUT2D eigenvalue weighted by Crippen LogP contribution is -2.29. The van der Waals surface area contributed by atoms with E-state index in [1.807, 2.05) is 0 Å². The van der Waals surface area contributed by atoms with Crippen LogP contribution < -0.4 is 11.5 Å². The molecule has 0 saturated heterocycles. The van der Waals surface area contributed by atoms with E-state index < -0.39 is 16.7 Å². The Balaban J connectivity index is 0. The van der Waals surface area contributed by atoms with Crippen LogP contribution in [0.5, 0.6) is 0 Å². The summed E-state index contributed by atoms with van der Waals surface area (Å²) < 4.78 is -0.889. The number of carbonyl (C=O) groups is 2. The molecule has 0 heterocycles. The van der Waals surface area contributed by atoms with Gasteiger partial charge in [0.25, 0.3) is 0 Å². The van der Waals surface area contributed by atoms with E-state index in [4.69, 9.17) is 21.4 Å². The maximum atomic E-state index is 10.1.